The Morgan fingerprint density at radius 3 is 2.62 bits per heavy atom. The van der Waals surface area contributed by atoms with Crippen LogP contribution in [0.2, 0.25) is 0 Å². The summed E-state index contributed by atoms with van der Waals surface area (Å²) in [6, 6.07) is 3.82. The van der Waals surface area contributed by atoms with E-state index in [4.69, 9.17) is 15.2 Å². The van der Waals surface area contributed by atoms with Crippen molar-refractivity contribution in [1.82, 2.24) is 15.5 Å². The van der Waals surface area contributed by atoms with Gasteiger partial charge in [0.1, 0.15) is 18.8 Å². The van der Waals surface area contributed by atoms with Crippen molar-refractivity contribution < 1.29 is 33.8 Å². The van der Waals surface area contributed by atoms with Gasteiger partial charge in [-0.2, -0.15) is 0 Å². The van der Waals surface area contributed by atoms with Crippen LogP contribution in [0, 0.1) is 11.8 Å². The maximum absolute atomic E-state index is 13.4. The van der Waals surface area contributed by atoms with Crippen LogP contribution in [0.1, 0.15) is 44.2 Å². The molecule has 4 atom stereocenters. The summed E-state index contributed by atoms with van der Waals surface area (Å²) in [6.07, 6.45) is 1.72. The number of carbonyl (C=O) groups excluding carboxylic acids is 3. The zero-order valence-corrected chi connectivity index (χ0v) is 19.0. The molecule has 2 fully saturated rings. The minimum absolute atomic E-state index is 0.0332. The molecule has 2 saturated heterocycles. The SMILES string of the molecule is CCCCN1C(=O)C2C(c3ccc4c(c3)OCCO4)NC(CCCNC(N)=O)(C(=O)O)C2C1=O. The molecule has 0 aliphatic carbocycles. The van der Waals surface area contributed by atoms with Crippen molar-refractivity contribution in [2.24, 2.45) is 17.6 Å². The maximum atomic E-state index is 13.4. The molecule has 4 amide bonds. The Kier molecular flexibility index (Phi) is 6.65. The normalized spacial score (nSPS) is 27.6. The van der Waals surface area contributed by atoms with E-state index in [2.05, 4.69) is 10.6 Å². The number of nitrogens with two attached hydrogens (primary N) is 1. The van der Waals surface area contributed by atoms with E-state index in [1.165, 1.54) is 4.90 Å². The quantitative estimate of drug-likeness (QED) is 0.302. The average Bonchev–Trinajstić information content (AvgIpc) is 3.29. The molecule has 0 spiro atoms. The van der Waals surface area contributed by atoms with E-state index < -0.39 is 41.3 Å². The van der Waals surface area contributed by atoms with Gasteiger partial charge in [-0.05, 0) is 37.0 Å². The lowest BCUT2D eigenvalue weighted by Gasteiger charge is -2.31. The summed E-state index contributed by atoms with van der Waals surface area (Å²) < 4.78 is 11.3. The molecular weight excluding hydrogens is 444 g/mol. The topological polar surface area (TPSA) is 160 Å². The number of carboxylic acids is 1. The number of hydrogen-bond acceptors (Lipinski definition) is 7. The molecule has 11 nitrogen and oxygen atoms in total. The number of amides is 4. The molecule has 4 unspecified atom stereocenters. The first-order valence-electron chi connectivity index (χ1n) is 11.6. The van der Waals surface area contributed by atoms with Gasteiger partial charge in [-0.25, -0.2) is 4.79 Å². The van der Waals surface area contributed by atoms with E-state index >= 15 is 0 Å². The predicted molar refractivity (Wildman–Crippen MR) is 119 cm³/mol. The highest BCUT2D eigenvalue weighted by atomic mass is 16.6. The Morgan fingerprint density at radius 2 is 1.94 bits per heavy atom. The number of rotatable bonds is 9. The molecule has 11 heteroatoms. The van der Waals surface area contributed by atoms with Gasteiger partial charge in [-0.3, -0.25) is 24.6 Å². The monoisotopic (exact) mass is 474 g/mol. The summed E-state index contributed by atoms with van der Waals surface area (Å²) in [5, 5.41) is 15.9. The van der Waals surface area contributed by atoms with Crippen LogP contribution in [0.15, 0.2) is 18.2 Å². The molecule has 0 saturated carbocycles. The zero-order chi connectivity index (χ0) is 24.5. The van der Waals surface area contributed by atoms with Crippen molar-refractivity contribution in [3.63, 3.8) is 0 Å². The molecule has 0 radical (unpaired) electrons. The van der Waals surface area contributed by atoms with Crippen LogP contribution in [-0.4, -0.2) is 65.7 Å². The minimum atomic E-state index is -1.67. The van der Waals surface area contributed by atoms with Crippen LogP contribution in [0.4, 0.5) is 4.79 Å². The Hall–Kier alpha value is -3.34. The van der Waals surface area contributed by atoms with Crippen LogP contribution >= 0.6 is 0 Å². The van der Waals surface area contributed by atoms with Gasteiger partial charge >= 0.3 is 12.0 Å². The number of ether oxygens (including phenoxy) is 2. The highest BCUT2D eigenvalue weighted by Gasteiger charge is 2.68. The molecule has 0 aromatic heterocycles. The first kappa shape index (κ1) is 23.8. The lowest BCUT2D eigenvalue weighted by molar-refractivity contribution is -0.151. The number of primary amides is 1. The standard InChI is InChI=1S/C23H30N4O7/c1-2-3-9-27-19(28)16-17(20(27)29)23(21(30)31,7-4-8-25-22(24)32)26-18(16)13-5-6-14-15(12-13)34-11-10-33-14/h5-6,12,16-18,26H,2-4,7-11H2,1H3,(H,30,31)(H3,24,25,32). The molecule has 1 aromatic carbocycles. The fourth-order valence-corrected chi connectivity index (χ4v) is 5.25. The number of aliphatic carboxylic acids is 1. The summed E-state index contributed by atoms with van der Waals surface area (Å²) in [6.45, 7) is 3.18. The molecule has 184 valence electrons. The summed E-state index contributed by atoms with van der Waals surface area (Å²) in [5.74, 6) is -2.89. The summed E-state index contributed by atoms with van der Waals surface area (Å²) in [7, 11) is 0. The average molecular weight is 475 g/mol. The molecule has 34 heavy (non-hydrogen) atoms. The van der Waals surface area contributed by atoms with Crippen LogP contribution in [-0.2, 0) is 14.4 Å². The Balaban J connectivity index is 1.71. The third-order valence-corrected chi connectivity index (χ3v) is 6.83. The maximum Gasteiger partial charge on any atom is 0.324 e. The highest BCUT2D eigenvalue weighted by Crippen LogP contribution is 2.51. The van der Waals surface area contributed by atoms with Crippen molar-refractivity contribution in [2.45, 2.75) is 44.2 Å². The number of imide groups is 1. The van der Waals surface area contributed by atoms with Crippen LogP contribution in [0.5, 0.6) is 11.5 Å². The Labute approximate surface area is 196 Å². The number of likely N-dealkylation sites (tertiary alicyclic amines) is 1. The van der Waals surface area contributed by atoms with E-state index in [0.717, 1.165) is 6.42 Å². The van der Waals surface area contributed by atoms with Gasteiger partial charge in [0.2, 0.25) is 11.8 Å². The molecule has 4 rings (SSSR count). The molecule has 3 heterocycles. The summed E-state index contributed by atoms with van der Waals surface area (Å²) in [5.41, 5.74) is 4.09. The number of urea groups is 1. The van der Waals surface area contributed by atoms with Crippen LogP contribution in [0.25, 0.3) is 0 Å². The molecule has 5 N–H and O–H groups in total. The number of carboxylic acid groups (broad SMARTS) is 1. The third-order valence-electron chi connectivity index (χ3n) is 6.83. The lowest BCUT2D eigenvalue weighted by atomic mass is 9.77. The van der Waals surface area contributed by atoms with E-state index in [-0.39, 0.29) is 31.8 Å². The van der Waals surface area contributed by atoms with Gasteiger partial charge in [-0.1, -0.05) is 19.4 Å². The highest BCUT2D eigenvalue weighted by molar-refractivity contribution is 6.09. The summed E-state index contributed by atoms with van der Waals surface area (Å²) >= 11 is 0. The van der Waals surface area contributed by atoms with Crippen LogP contribution < -0.4 is 25.8 Å². The van der Waals surface area contributed by atoms with Crippen molar-refractivity contribution in [1.29, 1.82) is 0 Å². The van der Waals surface area contributed by atoms with E-state index in [1.807, 2.05) is 6.92 Å². The van der Waals surface area contributed by atoms with Gasteiger partial charge in [0.15, 0.2) is 11.5 Å². The number of nitrogens with one attached hydrogen (secondary N) is 2. The Bertz CT molecular complexity index is 1000. The smallest absolute Gasteiger partial charge is 0.324 e. The molecule has 0 bridgehead atoms. The van der Waals surface area contributed by atoms with Crippen molar-refractivity contribution in [3.8, 4) is 11.5 Å². The zero-order valence-electron chi connectivity index (χ0n) is 19.0. The molecule has 3 aliphatic heterocycles. The minimum Gasteiger partial charge on any atom is -0.486 e. The van der Waals surface area contributed by atoms with Gasteiger partial charge < -0.3 is 25.6 Å². The number of hydrogen-bond donors (Lipinski definition) is 4. The van der Waals surface area contributed by atoms with E-state index in [9.17, 15) is 24.3 Å². The molecular formula is C23H30N4O7. The second kappa shape index (κ2) is 9.49. The second-order valence-electron chi connectivity index (χ2n) is 8.88. The third kappa shape index (κ3) is 4.04. The van der Waals surface area contributed by atoms with Crippen molar-refractivity contribution >= 4 is 23.8 Å². The van der Waals surface area contributed by atoms with Crippen LogP contribution in [0.3, 0.4) is 0 Å². The largest absolute Gasteiger partial charge is 0.486 e. The fraction of sp³-hybridized carbons (Fsp3) is 0.565. The molecule has 1 aromatic rings. The first-order chi connectivity index (χ1) is 16.3. The van der Waals surface area contributed by atoms with Gasteiger partial charge in [0.05, 0.1) is 11.8 Å². The number of nitrogens with zero attached hydrogens (tertiary/aromatic N) is 1. The number of carbonyl (C=O) groups is 4. The van der Waals surface area contributed by atoms with Crippen molar-refractivity contribution in [2.75, 3.05) is 26.3 Å². The van der Waals surface area contributed by atoms with E-state index in [0.29, 0.717) is 36.7 Å². The predicted octanol–water partition coefficient (Wildman–Crippen LogP) is 0.775. The summed E-state index contributed by atoms with van der Waals surface area (Å²) in [4.78, 5) is 51.8. The van der Waals surface area contributed by atoms with Gasteiger partial charge in [-0.15, -0.1) is 0 Å². The second-order valence-corrected chi connectivity index (χ2v) is 8.88. The number of benzene rings is 1. The number of unbranched alkanes of at least 4 members (excludes halogenated alkanes) is 1. The number of fused-ring (bicyclic) bond motifs is 2. The first-order valence-corrected chi connectivity index (χ1v) is 11.6. The Morgan fingerprint density at radius 1 is 1.21 bits per heavy atom. The molecule has 3 aliphatic rings. The fourth-order valence-electron chi connectivity index (χ4n) is 5.25. The van der Waals surface area contributed by atoms with E-state index in [1.54, 1.807) is 18.2 Å². The van der Waals surface area contributed by atoms with Gasteiger partial charge in [0, 0.05) is 19.1 Å². The van der Waals surface area contributed by atoms with Crippen molar-refractivity contribution in [3.05, 3.63) is 23.8 Å². The van der Waals surface area contributed by atoms with Gasteiger partial charge in [0.25, 0.3) is 0 Å². The lowest BCUT2D eigenvalue weighted by Crippen LogP contribution is -2.56.